The van der Waals surface area contributed by atoms with Crippen molar-refractivity contribution in [3.8, 4) is 11.5 Å². The lowest BCUT2D eigenvalue weighted by molar-refractivity contribution is -0.122. The van der Waals surface area contributed by atoms with Gasteiger partial charge in [0.05, 0.1) is 18.6 Å². The number of rotatable bonds is 8. The molecule has 30 heavy (non-hydrogen) atoms. The highest BCUT2D eigenvalue weighted by atomic mass is 32.2. The third-order valence-corrected chi connectivity index (χ3v) is 5.68. The van der Waals surface area contributed by atoms with Crippen LogP contribution in [0.2, 0.25) is 0 Å². The summed E-state index contributed by atoms with van der Waals surface area (Å²) in [5.41, 5.74) is 1.55. The molecule has 0 aromatic heterocycles. The number of thioether (sulfide) groups is 1. The Morgan fingerprint density at radius 1 is 1.13 bits per heavy atom. The standard InChI is InChI=1S/C22H22N2O4S2/c1-3-28-18-10-6-16(7-11-18)23-20(25)12-13-24-21(26)19(30-22(24)29)14-15-4-8-17(27-2)9-5-15/h4-11,14H,3,12-13H2,1-2H3,(H,23,25)/b19-14+. The Kier molecular flexibility index (Phi) is 7.48. The van der Waals surface area contributed by atoms with Gasteiger partial charge in [-0.1, -0.05) is 36.1 Å². The van der Waals surface area contributed by atoms with E-state index in [1.807, 2.05) is 31.2 Å². The summed E-state index contributed by atoms with van der Waals surface area (Å²) in [7, 11) is 1.60. The number of hydrogen-bond acceptors (Lipinski definition) is 6. The summed E-state index contributed by atoms with van der Waals surface area (Å²) >= 11 is 6.57. The van der Waals surface area contributed by atoms with Crippen molar-refractivity contribution in [3.05, 3.63) is 59.0 Å². The van der Waals surface area contributed by atoms with Crippen molar-refractivity contribution < 1.29 is 19.1 Å². The van der Waals surface area contributed by atoms with Gasteiger partial charge in [-0.3, -0.25) is 14.5 Å². The smallest absolute Gasteiger partial charge is 0.266 e. The summed E-state index contributed by atoms with van der Waals surface area (Å²) in [6, 6.07) is 14.6. The van der Waals surface area contributed by atoms with E-state index in [2.05, 4.69) is 5.32 Å². The second-order valence-electron chi connectivity index (χ2n) is 6.36. The molecule has 0 atom stereocenters. The molecule has 1 heterocycles. The van der Waals surface area contributed by atoms with E-state index in [0.717, 1.165) is 17.1 Å². The second kappa shape index (κ2) is 10.3. The van der Waals surface area contributed by atoms with Crippen molar-refractivity contribution in [3.63, 3.8) is 0 Å². The molecule has 1 aliphatic heterocycles. The summed E-state index contributed by atoms with van der Waals surface area (Å²) in [4.78, 5) is 27.0. The van der Waals surface area contributed by atoms with E-state index in [1.54, 1.807) is 37.5 Å². The number of nitrogens with one attached hydrogen (secondary N) is 1. The molecule has 1 saturated heterocycles. The first-order valence-electron chi connectivity index (χ1n) is 9.42. The van der Waals surface area contributed by atoms with Crippen LogP contribution in [0, 0.1) is 0 Å². The minimum absolute atomic E-state index is 0.148. The zero-order valence-corrected chi connectivity index (χ0v) is 18.3. The van der Waals surface area contributed by atoms with Crippen LogP contribution in [0.15, 0.2) is 53.4 Å². The zero-order chi connectivity index (χ0) is 21.5. The molecular weight excluding hydrogens is 420 g/mol. The average molecular weight is 443 g/mol. The highest BCUT2D eigenvalue weighted by Crippen LogP contribution is 2.32. The minimum Gasteiger partial charge on any atom is -0.497 e. The number of carbonyl (C=O) groups is 2. The number of ether oxygens (including phenoxy) is 2. The molecule has 2 amide bonds. The number of amides is 2. The van der Waals surface area contributed by atoms with Crippen molar-refractivity contribution in [2.45, 2.75) is 13.3 Å². The van der Waals surface area contributed by atoms with E-state index in [-0.39, 0.29) is 24.8 Å². The summed E-state index contributed by atoms with van der Waals surface area (Å²) in [5.74, 6) is 1.12. The molecule has 6 nitrogen and oxygen atoms in total. The quantitative estimate of drug-likeness (QED) is 0.485. The molecule has 0 aliphatic carbocycles. The Bertz CT molecular complexity index is 956. The van der Waals surface area contributed by atoms with E-state index in [0.29, 0.717) is 21.5 Å². The summed E-state index contributed by atoms with van der Waals surface area (Å²) < 4.78 is 11.0. The predicted octanol–water partition coefficient (Wildman–Crippen LogP) is 4.32. The first-order valence-corrected chi connectivity index (χ1v) is 10.6. The van der Waals surface area contributed by atoms with Gasteiger partial charge in [0.1, 0.15) is 15.8 Å². The van der Waals surface area contributed by atoms with Crippen molar-refractivity contribution in [2.75, 3.05) is 25.6 Å². The normalized spacial score (nSPS) is 14.9. The Morgan fingerprint density at radius 3 is 2.43 bits per heavy atom. The van der Waals surface area contributed by atoms with Gasteiger partial charge < -0.3 is 14.8 Å². The largest absolute Gasteiger partial charge is 0.497 e. The molecule has 3 rings (SSSR count). The summed E-state index contributed by atoms with van der Waals surface area (Å²) in [6.07, 6.45) is 1.94. The van der Waals surface area contributed by atoms with E-state index < -0.39 is 0 Å². The fourth-order valence-electron chi connectivity index (χ4n) is 2.78. The monoisotopic (exact) mass is 442 g/mol. The van der Waals surface area contributed by atoms with Crippen LogP contribution >= 0.6 is 24.0 Å². The Morgan fingerprint density at radius 2 is 1.80 bits per heavy atom. The number of methoxy groups -OCH3 is 1. The molecular formula is C22H22N2O4S2. The van der Waals surface area contributed by atoms with Gasteiger partial charge in [0.25, 0.3) is 5.91 Å². The summed E-state index contributed by atoms with van der Waals surface area (Å²) in [6.45, 7) is 2.73. The van der Waals surface area contributed by atoms with E-state index >= 15 is 0 Å². The Labute approximate surface area is 185 Å². The molecule has 0 spiro atoms. The van der Waals surface area contributed by atoms with Crippen molar-refractivity contribution in [1.82, 2.24) is 4.90 Å². The van der Waals surface area contributed by atoms with E-state index in [9.17, 15) is 9.59 Å². The fraction of sp³-hybridized carbons (Fsp3) is 0.227. The molecule has 0 unspecified atom stereocenters. The molecule has 8 heteroatoms. The third kappa shape index (κ3) is 5.61. The maximum Gasteiger partial charge on any atom is 0.266 e. The number of carbonyl (C=O) groups excluding carboxylic acids is 2. The van der Waals surface area contributed by atoms with Crippen molar-refractivity contribution in [2.24, 2.45) is 0 Å². The van der Waals surface area contributed by atoms with Crippen LogP contribution in [-0.4, -0.2) is 41.3 Å². The van der Waals surface area contributed by atoms with Gasteiger partial charge in [-0.05, 0) is 55.0 Å². The minimum atomic E-state index is -0.188. The molecule has 1 aliphatic rings. The van der Waals surface area contributed by atoms with Crippen molar-refractivity contribution >= 4 is 51.9 Å². The average Bonchev–Trinajstić information content (AvgIpc) is 3.01. The SMILES string of the molecule is CCOc1ccc(NC(=O)CCN2C(=O)/C(=C\c3ccc(OC)cc3)SC2=S)cc1. The number of nitrogens with zero attached hydrogens (tertiary/aromatic N) is 1. The van der Waals surface area contributed by atoms with Crippen molar-refractivity contribution in [1.29, 1.82) is 0 Å². The molecule has 0 bridgehead atoms. The maximum absolute atomic E-state index is 12.7. The molecule has 156 valence electrons. The molecule has 1 fully saturated rings. The van der Waals surface area contributed by atoms with Gasteiger partial charge in [-0.15, -0.1) is 0 Å². The molecule has 0 radical (unpaired) electrons. The molecule has 1 N–H and O–H groups in total. The van der Waals surface area contributed by atoms with Gasteiger partial charge in [0.2, 0.25) is 5.91 Å². The number of benzene rings is 2. The van der Waals surface area contributed by atoms with Gasteiger partial charge in [0.15, 0.2) is 0 Å². The van der Waals surface area contributed by atoms with Gasteiger partial charge >= 0.3 is 0 Å². The second-order valence-corrected chi connectivity index (χ2v) is 8.04. The maximum atomic E-state index is 12.7. The number of hydrogen-bond donors (Lipinski definition) is 1. The van der Waals surface area contributed by atoms with Gasteiger partial charge in [-0.2, -0.15) is 0 Å². The highest BCUT2D eigenvalue weighted by Gasteiger charge is 2.32. The van der Waals surface area contributed by atoms with Crippen LogP contribution in [0.1, 0.15) is 18.9 Å². The van der Waals surface area contributed by atoms with Crippen LogP contribution < -0.4 is 14.8 Å². The molecule has 2 aromatic rings. The first kappa shape index (κ1) is 21.9. The lowest BCUT2D eigenvalue weighted by Crippen LogP contribution is -2.31. The molecule has 0 saturated carbocycles. The van der Waals surface area contributed by atoms with Crippen LogP contribution in [0.25, 0.3) is 6.08 Å². The van der Waals surface area contributed by atoms with Gasteiger partial charge in [0, 0.05) is 18.7 Å². The van der Waals surface area contributed by atoms with Crippen LogP contribution in [0.3, 0.4) is 0 Å². The Hall–Kier alpha value is -2.84. The third-order valence-electron chi connectivity index (χ3n) is 4.30. The van der Waals surface area contributed by atoms with Crippen LogP contribution in [0.5, 0.6) is 11.5 Å². The lowest BCUT2D eigenvalue weighted by atomic mass is 10.2. The van der Waals surface area contributed by atoms with Crippen LogP contribution in [0.4, 0.5) is 5.69 Å². The summed E-state index contributed by atoms with van der Waals surface area (Å²) in [5, 5.41) is 2.82. The van der Waals surface area contributed by atoms with Gasteiger partial charge in [-0.25, -0.2) is 0 Å². The number of anilines is 1. The topological polar surface area (TPSA) is 67.9 Å². The highest BCUT2D eigenvalue weighted by molar-refractivity contribution is 8.26. The first-order chi connectivity index (χ1) is 14.5. The fourth-order valence-corrected chi connectivity index (χ4v) is 4.09. The molecule has 2 aromatic carbocycles. The zero-order valence-electron chi connectivity index (χ0n) is 16.7. The van der Waals surface area contributed by atoms with E-state index in [4.69, 9.17) is 21.7 Å². The number of thiocarbonyl (C=S) groups is 1. The van der Waals surface area contributed by atoms with Crippen LogP contribution in [-0.2, 0) is 9.59 Å². The lowest BCUT2D eigenvalue weighted by Gasteiger charge is -2.14. The van der Waals surface area contributed by atoms with E-state index in [1.165, 1.54) is 16.7 Å². The Balaban J connectivity index is 1.55. The predicted molar refractivity (Wildman–Crippen MR) is 124 cm³/mol.